The molecule has 0 spiro atoms. The second-order valence-corrected chi connectivity index (χ2v) is 3.70. The van der Waals surface area contributed by atoms with Crippen LogP contribution in [0, 0.1) is 0 Å². The molecule has 1 aromatic rings. The summed E-state index contributed by atoms with van der Waals surface area (Å²) in [7, 11) is 3.20. The first kappa shape index (κ1) is 12.8. The average molecular weight is 223 g/mol. The summed E-state index contributed by atoms with van der Waals surface area (Å²) < 4.78 is 10.8. The van der Waals surface area contributed by atoms with Crippen LogP contribution in [0.1, 0.15) is 31.2 Å². The molecule has 3 heteroatoms. The van der Waals surface area contributed by atoms with Crippen molar-refractivity contribution in [3.63, 3.8) is 0 Å². The Kier molecular flexibility index (Phi) is 5.12. The molecule has 0 aliphatic carbocycles. The minimum absolute atomic E-state index is 0.560. The van der Waals surface area contributed by atoms with Gasteiger partial charge in [-0.2, -0.15) is 0 Å². The Bertz CT molecular complexity index is 324. The van der Waals surface area contributed by atoms with Gasteiger partial charge in [-0.25, -0.2) is 0 Å². The van der Waals surface area contributed by atoms with Gasteiger partial charge in [-0.15, -0.1) is 0 Å². The first-order valence-corrected chi connectivity index (χ1v) is 5.73. The van der Waals surface area contributed by atoms with E-state index in [9.17, 15) is 0 Å². The molecule has 0 amide bonds. The number of rotatable bonds is 3. The van der Waals surface area contributed by atoms with E-state index in [4.69, 9.17) is 9.47 Å². The minimum atomic E-state index is 0.560. The molecule has 3 nitrogen and oxygen atoms in total. The zero-order valence-electron chi connectivity index (χ0n) is 10.3. The van der Waals surface area contributed by atoms with Gasteiger partial charge < -0.3 is 15.2 Å². The molecule has 1 heterocycles. The van der Waals surface area contributed by atoms with Crippen molar-refractivity contribution in [2.45, 2.75) is 25.7 Å². The monoisotopic (exact) mass is 223 g/mol. The minimum Gasteiger partial charge on any atom is -0.497 e. The van der Waals surface area contributed by atoms with Crippen LogP contribution in [0.3, 0.4) is 0 Å². The fraction of sp³-hybridized carbons (Fsp3) is 0.538. The number of ether oxygens (including phenoxy) is 2. The van der Waals surface area contributed by atoms with Crippen LogP contribution in [-0.4, -0.2) is 20.8 Å². The maximum atomic E-state index is 5.61. The molecule has 1 unspecified atom stereocenters. The molecule has 0 aromatic heterocycles. The van der Waals surface area contributed by atoms with Gasteiger partial charge >= 0.3 is 0 Å². The standard InChI is InChI=1S/C12H16O2.CH5N/c1-3-4-9-8-14-12-6-5-10(13-2)7-11(9)12;1-2/h5-7,9H,3-4,8H2,1-2H3;2H2,1H3. The molecule has 90 valence electrons. The molecule has 16 heavy (non-hydrogen) atoms. The summed E-state index contributed by atoms with van der Waals surface area (Å²) in [6, 6.07) is 6.06. The van der Waals surface area contributed by atoms with Gasteiger partial charge in [0.25, 0.3) is 0 Å². The predicted molar refractivity (Wildman–Crippen MR) is 66.2 cm³/mol. The Balaban J connectivity index is 0.000000606. The molecule has 2 N–H and O–H groups in total. The van der Waals surface area contributed by atoms with Crippen LogP contribution in [0.4, 0.5) is 0 Å². The molecule has 2 rings (SSSR count). The summed E-state index contributed by atoms with van der Waals surface area (Å²) in [6.45, 7) is 3.04. The van der Waals surface area contributed by atoms with Crippen LogP contribution in [0.15, 0.2) is 18.2 Å². The largest absolute Gasteiger partial charge is 0.497 e. The van der Waals surface area contributed by atoms with Crippen molar-refractivity contribution in [3.8, 4) is 11.5 Å². The second kappa shape index (κ2) is 6.38. The molecule has 1 aliphatic heterocycles. The van der Waals surface area contributed by atoms with Crippen LogP contribution in [0.25, 0.3) is 0 Å². The summed E-state index contributed by atoms with van der Waals surface area (Å²) in [5, 5.41) is 0. The van der Waals surface area contributed by atoms with Gasteiger partial charge in [-0.1, -0.05) is 13.3 Å². The zero-order chi connectivity index (χ0) is 12.0. The quantitative estimate of drug-likeness (QED) is 0.856. The molecular weight excluding hydrogens is 202 g/mol. The van der Waals surface area contributed by atoms with E-state index in [1.54, 1.807) is 7.11 Å². The number of hydrogen-bond acceptors (Lipinski definition) is 3. The summed E-state index contributed by atoms with van der Waals surface area (Å²) >= 11 is 0. The topological polar surface area (TPSA) is 44.5 Å². The summed E-state index contributed by atoms with van der Waals surface area (Å²) in [4.78, 5) is 0. The lowest BCUT2D eigenvalue weighted by Crippen LogP contribution is -1.99. The van der Waals surface area contributed by atoms with Crippen molar-refractivity contribution in [2.75, 3.05) is 20.8 Å². The van der Waals surface area contributed by atoms with Crippen molar-refractivity contribution >= 4 is 0 Å². The normalized spacial score (nSPS) is 16.9. The molecule has 0 fully saturated rings. The van der Waals surface area contributed by atoms with E-state index >= 15 is 0 Å². The van der Waals surface area contributed by atoms with E-state index < -0.39 is 0 Å². The highest BCUT2D eigenvalue weighted by Crippen LogP contribution is 2.38. The van der Waals surface area contributed by atoms with Crippen molar-refractivity contribution < 1.29 is 9.47 Å². The number of methoxy groups -OCH3 is 1. The Morgan fingerprint density at radius 1 is 1.44 bits per heavy atom. The van der Waals surface area contributed by atoms with E-state index in [0.29, 0.717) is 5.92 Å². The lowest BCUT2D eigenvalue weighted by Gasteiger charge is -2.07. The van der Waals surface area contributed by atoms with Crippen molar-refractivity contribution in [1.82, 2.24) is 0 Å². The van der Waals surface area contributed by atoms with Crippen molar-refractivity contribution in [3.05, 3.63) is 23.8 Å². The molecule has 1 aliphatic rings. The van der Waals surface area contributed by atoms with Crippen LogP contribution in [-0.2, 0) is 0 Å². The maximum Gasteiger partial charge on any atom is 0.123 e. The van der Waals surface area contributed by atoms with Gasteiger partial charge in [-0.05, 0) is 31.7 Å². The number of hydrogen-bond donors (Lipinski definition) is 1. The van der Waals surface area contributed by atoms with Gasteiger partial charge in [0.1, 0.15) is 11.5 Å². The van der Waals surface area contributed by atoms with Gasteiger partial charge in [0.15, 0.2) is 0 Å². The molecule has 0 saturated carbocycles. The van der Waals surface area contributed by atoms with Gasteiger partial charge in [0.2, 0.25) is 0 Å². The Hall–Kier alpha value is -1.22. The molecular formula is C13H21NO2. The first-order valence-electron chi connectivity index (χ1n) is 5.73. The van der Waals surface area contributed by atoms with E-state index in [2.05, 4.69) is 18.7 Å². The first-order chi connectivity index (χ1) is 7.85. The molecule has 0 bridgehead atoms. The Morgan fingerprint density at radius 3 is 2.81 bits per heavy atom. The highest BCUT2D eigenvalue weighted by Gasteiger charge is 2.23. The molecule has 0 radical (unpaired) electrons. The SMILES string of the molecule is CCCC1COc2ccc(OC)cc21.CN. The van der Waals surface area contributed by atoms with Crippen LogP contribution in [0.5, 0.6) is 11.5 Å². The van der Waals surface area contributed by atoms with Gasteiger partial charge in [0, 0.05) is 11.5 Å². The van der Waals surface area contributed by atoms with E-state index in [0.717, 1.165) is 18.1 Å². The zero-order valence-corrected chi connectivity index (χ0v) is 10.3. The molecule has 1 atom stereocenters. The summed E-state index contributed by atoms with van der Waals surface area (Å²) in [5.41, 5.74) is 5.81. The maximum absolute atomic E-state index is 5.61. The second-order valence-electron chi connectivity index (χ2n) is 3.70. The lowest BCUT2D eigenvalue weighted by molar-refractivity contribution is 0.324. The number of nitrogens with two attached hydrogens (primary N) is 1. The number of fused-ring (bicyclic) bond motifs is 1. The number of benzene rings is 1. The van der Waals surface area contributed by atoms with E-state index in [1.165, 1.54) is 25.5 Å². The molecule has 0 saturated heterocycles. The fourth-order valence-electron chi connectivity index (χ4n) is 1.97. The smallest absolute Gasteiger partial charge is 0.123 e. The van der Waals surface area contributed by atoms with Crippen molar-refractivity contribution in [2.24, 2.45) is 5.73 Å². The fourth-order valence-corrected chi connectivity index (χ4v) is 1.97. The Labute approximate surface area is 97.6 Å². The third-order valence-corrected chi connectivity index (χ3v) is 2.73. The average Bonchev–Trinajstić information content (AvgIpc) is 2.75. The highest BCUT2D eigenvalue weighted by molar-refractivity contribution is 5.44. The van der Waals surface area contributed by atoms with E-state index in [-0.39, 0.29) is 0 Å². The summed E-state index contributed by atoms with van der Waals surface area (Å²) in [5.74, 6) is 2.52. The third kappa shape index (κ3) is 2.67. The van der Waals surface area contributed by atoms with Crippen LogP contribution in [0.2, 0.25) is 0 Å². The van der Waals surface area contributed by atoms with Crippen LogP contribution < -0.4 is 15.2 Å². The van der Waals surface area contributed by atoms with Gasteiger partial charge in [-0.3, -0.25) is 0 Å². The summed E-state index contributed by atoms with van der Waals surface area (Å²) in [6.07, 6.45) is 2.39. The lowest BCUT2D eigenvalue weighted by atomic mass is 9.96. The van der Waals surface area contributed by atoms with Gasteiger partial charge in [0.05, 0.1) is 13.7 Å². The molecule has 1 aromatic carbocycles. The Morgan fingerprint density at radius 2 is 2.19 bits per heavy atom. The predicted octanol–water partition coefficient (Wildman–Crippen LogP) is 2.55. The highest BCUT2D eigenvalue weighted by atomic mass is 16.5. The van der Waals surface area contributed by atoms with Crippen LogP contribution >= 0.6 is 0 Å². The third-order valence-electron chi connectivity index (χ3n) is 2.73. The van der Waals surface area contributed by atoms with Crippen molar-refractivity contribution in [1.29, 1.82) is 0 Å². The van der Waals surface area contributed by atoms with E-state index in [1.807, 2.05) is 12.1 Å².